The molecule has 0 N–H and O–H groups in total. The average Bonchev–Trinajstić information content (AvgIpc) is 3.74. The largest absolute Gasteiger partial charge is 0.748 e. The molecule has 6 aromatic carbocycles. The minimum absolute atomic E-state index is 0. The van der Waals surface area contributed by atoms with Gasteiger partial charge >= 0.3 is 0 Å². The van der Waals surface area contributed by atoms with Gasteiger partial charge in [-0.15, -0.1) is 0 Å². The Labute approximate surface area is 259 Å². The van der Waals surface area contributed by atoms with Gasteiger partial charge in [-0.05, 0) is 36.4 Å². The maximum absolute atomic E-state index is 2.24. The van der Waals surface area contributed by atoms with E-state index in [2.05, 4.69) is 91.0 Å². The summed E-state index contributed by atoms with van der Waals surface area (Å²) in [6.45, 7) is 0. The van der Waals surface area contributed by atoms with E-state index in [0.717, 1.165) is 0 Å². The Morgan fingerprint density at radius 1 is 0.351 bits per heavy atom. The minimum atomic E-state index is -0.877. The van der Waals surface area contributed by atoms with Gasteiger partial charge < -0.3 is 30.3 Å². The van der Waals surface area contributed by atoms with Gasteiger partial charge in [0.2, 0.25) is 0 Å². The molecule has 0 aliphatic heterocycles. The third-order valence-corrected chi connectivity index (χ3v) is 7.59. The zero-order valence-corrected chi connectivity index (χ0v) is 29.0. The van der Waals surface area contributed by atoms with Crippen molar-refractivity contribution < 1.29 is 55.7 Å². The summed E-state index contributed by atoms with van der Waals surface area (Å²) in [4.78, 5) is 0. The predicted octanol–water partition coefficient (Wildman–Crippen LogP) is 7.39. The van der Waals surface area contributed by atoms with E-state index in [1.165, 1.54) is 15.9 Å². The second kappa shape index (κ2) is 23.0. The van der Waals surface area contributed by atoms with Gasteiger partial charge in [-0.25, -0.2) is 24.3 Å². The van der Waals surface area contributed by atoms with E-state index >= 15 is 0 Å². The molecule has 4 heteroatoms. The second-order valence-corrected chi connectivity index (χ2v) is 9.84. The van der Waals surface area contributed by atoms with Gasteiger partial charge in [-0.2, -0.15) is 36.4 Å². The van der Waals surface area contributed by atoms with Crippen molar-refractivity contribution in [3.8, 4) is 0 Å². The van der Waals surface area contributed by atoms with Crippen LogP contribution in [0.5, 0.6) is 0 Å². The van der Waals surface area contributed by atoms with E-state index in [1.807, 2.05) is 91.0 Å². The SMILES string of the molecule is [Co].[Zn].[Zn].[cH-]1[cH-][cH-][cH-][cH-]1.c1cc[cH-]c1.c1cc[cH-]c1.c1ccc([PH+](c2ccccc2)c2ccccc2)cc1. The summed E-state index contributed by atoms with van der Waals surface area (Å²) >= 11 is 0. The molecule has 0 bridgehead atoms. The third kappa shape index (κ3) is 14.4. The van der Waals surface area contributed by atoms with E-state index in [-0.39, 0.29) is 55.7 Å². The first-order chi connectivity index (χ1) is 16.9. The molecule has 6 aromatic rings. The Kier molecular flexibility index (Phi) is 21.7. The normalized spacial score (nSPS) is 8.68. The molecule has 0 unspecified atom stereocenters. The molecule has 0 saturated heterocycles. The van der Waals surface area contributed by atoms with Gasteiger partial charge in [0, 0.05) is 55.7 Å². The average molecular weight is 648 g/mol. The van der Waals surface area contributed by atoms with Gasteiger partial charge in [0.1, 0.15) is 15.9 Å². The number of rotatable bonds is 3. The summed E-state index contributed by atoms with van der Waals surface area (Å²) in [7, 11) is -0.877. The van der Waals surface area contributed by atoms with Gasteiger partial charge in [0.05, 0.1) is 7.92 Å². The first-order valence-electron chi connectivity index (χ1n) is 11.5. The van der Waals surface area contributed by atoms with Crippen molar-refractivity contribution in [3.05, 3.63) is 182 Å². The first kappa shape index (κ1) is 34.9. The molecule has 0 saturated carbocycles. The van der Waals surface area contributed by atoms with Crippen LogP contribution in [-0.4, -0.2) is 0 Å². The molecule has 0 fully saturated rings. The molecule has 6 rings (SSSR count). The van der Waals surface area contributed by atoms with E-state index < -0.39 is 7.92 Å². The summed E-state index contributed by atoms with van der Waals surface area (Å²) in [6.07, 6.45) is 0. The summed E-state index contributed by atoms with van der Waals surface area (Å²) in [5, 5.41) is 4.31. The zero-order chi connectivity index (χ0) is 23.5. The van der Waals surface area contributed by atoms with Crippen molar-refractivity contribution in [1.29, 1.82) is 0 Å². The van der Waals surface area contributed by atoms with Crippen molar-refractivity contribution in [2.45, 2.75) is 0 Å². The maximum atomic E-state index is 2.24. The van der Waals surface area contributed by atoms with Crippen LogP contribution in [0.15, 0.2) is 182 Å². The van der Waals surface area contributed by atoms with Gasteiger partial charge in [-0.3, -0.25) is 0 Å². The van der Waals surface area contributed by atoms with Crippen molar-refractivity contribution >= 4 is 23.8 Å². The van der Waals surface area contributed by atoms with Crippen LogP contribution in [0.4, 0.5) is 0 Å². The summed E-state index contributed by atoms with van der Waals surface area (Å²) in [6, 6.07) is 62.5. The summed E-state index contributed by atoms with van der Waals surface area (Å²) in [5.41, 5.74) is 0. The molecule has 187 valence electrons. The molecule has 1 radical (unpaired) electrons. The monoisotopic (exact) mass is 645 g/mol. The fraction of sp³-hybridized carbons (Fsp3) is 0. The molecule has 0 atom stereocenters. The topological polar surface area (TPSA) is 0 Å². The molecule has 0 amide bonds. The molecule has 0 heterocycles. The third-order valence-electron chi connectivity index (χ3n) is 4.85. The van der Waals surface area contributed by atoms with Crippen LogP contribution < -0.4 is 15.9 Å². The first-order valence-corrected chi connectivity index (χ1v) is 13.0. The number of hydrogen-bond donors (Lipinski definition) is 0. The van der Waals surface area contributed by atoms with Crippen molar-refractivity contribution in [1.82, 2.24) is 0 Å². The Balaban J connectivity index is 0.000000589. The summed E-state index contributed by atoms with van der Waals surface area (Å²) < 4.78 is 0. The smallest absolute Gasteiger partial charge is 0.102 e. The van der Waals surface area contributed by atoms with Crippen LogP contribution in [-0.2, 0) is 55.7 Å². The second-order valence-electron chi connectivity index (χ2n) is 7.36. The van der Waals surface area contributed by atoms with Crippen LogP contribution >= 0.6 is 7.92 Å². The molecule has 0 aliphatic carbocycles. The van der Waals surface area contributed by atoms with Crippen LogP contribution in [0.1, 0.15) is 0 Å². The molecular weight excluding hydrogens is 617 g/mol. The maximum Gasteiger partial charge on any atom is 0.102 e. The molecular formula is C33H31CoPZn2-6. The fourth-order valence-corrected chi connectivity index (χ4v) is 5.85. The Bertz CT molecular complexity index is 966. The fourth-order valence-electron chi connectivity index (χ4n) is 3.28. The molecule has 0 nitrogen and oxygen atoms in total. The van der Waals surface area contributed by atoms with Crippen LogP contribution in [0.2, 0.25) is 0 Å². The van der Waals surface area contributed by atoms with E-state index in [1.54, 1.807) is 0 Å². The molecule has 0 spiro atoms. The van der Waals surface area contributed by atoms with E-state index in [0.29, 0.717) is 0 Å². The number of hydrogen-bond acceptors (Lipinski definition) is 0. The van der Waals surface area contributed by atoms with Gasteiger partial charge in [0.25, 0.3) is 0 Å². The van der Waals surface area contributed by atoms with E-state index in [9.17, 15) is 0 Å². The predicted molar refractivity (Wildman–Crippen MR) is 153 cm³/mol. The van der Waals surface area contributed by atoms with Crippen LogP contribution in [0.25, 0.3) is 0 Å². The zero-order valence-electron chi connectivity index (χ0n) is 21.1. The van der Waals surface area contributed by atoms with Crippen LogP contribution in [0.3, 0.4) is 0 Å². The van der Waals surface area contributed by atoms with Crippen molar-refractivity contribution in [2.24, 2.45) is 0 Å². The minimum Gasteiger partial charge on any atom is -0.748 e. The Morgan fingerprint density at radius 2 is 0.595 bits per heavy atom. The summed E-state index contributed by atoms with van der Waals surface area (Å²) in [5.74, 6) is 0. The molecule has 0 aromatic heterocycles. The quantitative estimate of drug-likeness (QED) is 0.107. The van der Waals surface area contributed by atoms with Crippen molar-refractivity contribution in [3.63, 3.8) is 0 Å². The van der Waals surface area contributed by atoms with E-state index in [4.69, 9.17) is 0 Å². The molecule has 37 heavy (non-hydrogen) atoms. The Morgan fingerprint density at radius 3 is 0.784 bits per heavy atom. The van der Waals surface area contributed by atoms with Crippen LogP contribution in [0, 0.1) is 0 Å². The standard InChI is InChI=1S/C18H15P.3C5H5.Co.2Zn/c1-4-10-16(11-5-1)19(17-12-6-2-7-13-17)18-14-8-3-9-15-18;3*1-2-4-5-3-1;;;/h1-15H;3*1-5H;;;/q;-5;2*-1;;;/p+1. The van der Waals surface area contributed by atoms with Gasteiger partial charge in [0.15, 0.2) is 0 Å². The molecule has 0 aliphatic rings. The number of benzene rings is 3. The Hall–Kier alpha value is -2.11. The van der Waals surface area contributed by atoms with Gasteiger partial charge in [-0.1, -0.05) is 54.6 Å². The van der Waals surface area contributed by atoms with Crippen molar-refractivity contribution in [2.75, 3.05) is 0 Å².